The van der Waals surface area contributed by atoms with E-state index in [0.717, 1.165) is 21.2 Å². The van der Waals surface area contributed by atoms with Crippen molar-refractivity contribution in [2.24, 2.45) is 0 Å². The standard InChI is InChI=1S/C17H23N3O2S2/c1-10(2)13-7-6-12(5)8-14(13)22-9-15(21)18-16-19-20-17(24-16)23-11(3)4/h6-8,10-11H,9H2,1-5H3,(H,18,19,21). The Morgan fingerprint density at radius 3 is 2.71 bits per heavy atom. The molecule has 7 heteroatoms. The van der Waals surface area contributed by atoms with E-state index in [4.69, 9.17) is 4.74 Å². The molecule has 1 amide bonds. The van der Waals surface area contributed by atoms with Crippen LogP contribution in [-0.4, -0.2) is 28.0 Å². The minimum atomic E-state index is -0.233. The van der Waals surface area contributed by atoms with Gasteiger partial charge in [-0.25, -0.2) is 0 Å². The van der Waals surface area contributed by atoms with E-state index < -0.39 is 0 Å². The van der Waals surface area contributed by atoms with Crippen LogP contribution < -0.4 is 10.1 Å². The lowest BCUT2D eigenvalue weighted by molar-refractivity contribution is -0.118. The first kappa shape index (κ1) is 18.7. The highest BCUT2D eigenvalue weighted by Gasteiger charge is 2.13. The Labute approximate surface area is 151 Å². The van der Waals surface area contributed by atoms with Crippen molar-refractivity contribution in [1.29, 1.82) is 0 Å². The first-order valence-corrected chi connectivity index (χ1v) is 9.58. The van der Waals surface area contributed by atoms with Gasteiger partial charge in [-0.1, -0.05) is 62.9 Å². The van der Waals surface area contributed by atoms with Gasteiger partial charge < -0.3 is 4.74 Å². The molecule has 2 aromatic rings. The predicted octanol–water partition coefficient (Wildman–Crippen LogP) is 4.49. The topological polar surface area (TPSA) is 64.1 Å². The van der Waals surface area contributed by atoms with Crippen molar-refractivity contribution in [3.05, 3.63) is 29.3 Å². The van der Waals surface area contributed by atoms with E-state index in [9.17, 15) is 4.79 Å². The van der Waals surface area contributed by atoms with Gasteiger partial charge in [0.1, 0.15) is 5.75 Å². The molecule has 0 unspecified atom stereocenters. The van der Waals surface area contributed by atoms with Crippen LogP contribution in [0.1, 0.15) is 44.7 Å². The maximum absolute atomic E-state index is 12.1. The molecule has 0 aliphatic heterocycles. The molecule has 0 atom stereocenters. The number of nitrogens with one attached hydrogen (secondary N) is 1. The summed E-state index contributed by atoms with van der Waals surface area (Å²) in [5.74, 6) is 0.861. The number of amides is 1. The number of anilines is 1. The molecular weight excluding hydrogens is 342 g/mol. The van der Waals surface area contributed by atoms with E-state index in [1.807, 2.05) is 19.1 Å². The Kier molecular flexibility index (Phi) is 6.62. The van der Waals surface area contributed by atoms with Crippen LogP contribution in [0, 0.1) is 6.92 Å². The molecular formula is C17H23N3O2S2. The molecule has 0 aliphatic carbocycles. The fourth-order valence-corrected chi connectivity index (χ4v) is 4.04. The van der Waals surface area contributed by atoms with E-state index in [0.29, 0.717) is 16.3 Å². The van der Waals surface area contributed by atoms with Gasteiger partial charge in [-0.3, -0.25) is 10.1 Å². The molecule has 0 fully saturated rings. The summed E-state index contributed by atoms with van der Waals surface area (Å²) in [6.45, 7) is 10.3. The molecule has 0 radical (unpaired) electrons. The van der Waals surface area contributed by atoms with E-state index >= 15 is 0 Å². The fourth-order valence-electron chi connectivity index (χ4n) is 2.05. The van der Waals surface area contributed by atoms with Crippen LogP contribution in [0.2, 0.25) is 0 Å². The Balaban J connectivity index is 1.94. The highest BCUT2D eigenvalue weighted by Crippen LogP contribution is 2.29. The van der Waals surface area contributed by atoms with Crippen LogP contribution in [0.5, 0.6) is 5.75 Å². The summed E-state index contributed by atoms with van der Waals surface area (Å²) in [5, 5.41) is 11.7. The maximum Gasteiger partial charge on any atom is 0.264 e. The van der Waals surface area contributed by atoms with Gasteiger partial charge in [0.15, 0.2) is 10.9 Å². The van der Waals surface area contributed by atoms with Crippen molar-refractivity contribution in [2.45, 2.75) is 50.1 Å². The van der Waals surface area contributed by atoms with Gasteiger partial charge in [0.05, 0.1) is 0 Å². The van der Waals surface area contributed by atoms with Crippen molar-refractivity contribution in [2.75, 3.05) is 11.9 Å². The molecule has 0 aliphatic rings. The number of carbonyl (C=O) groups is 1. The highest BCUT2D eigenvalue weighted by molar-refractivity contribution is 8.01. The molecule has 130 valence electrons. The van der Waals surface area contributed by atoms with Crippen LogP contribution in [0.3, 0.4) is 0 Å². The Bertz CT molecular complexity index is 699. The zero-order valence-electron chi connectivity index (χ0n) is 14.6. The summed E-state index contributed by atoms with van der Waals surface area (Å²) in [5.41, 5.74) is 2.20. The van der Waals surface area contributed by atoms with E-state index in [-0.39, 0.29) is 12.5 Å². The SMILES string of the molecule is Cc1ccc(C(C)C)c(OCC(=O)Nc2nnc(SC(C)C)s2)c1. The predicted molar refractivity (Wildman–Crippen MR) is 100 cm³/mol. The summed E-state index contributed by atoms with van der Waals surface area (Å²) in [4.78, 5) is 12.1. The number of nitrogens with zero attached hydrogens (tertiary/aromatic N) is 2. The first-order valence-electron chi connectivity index (χ1n) is 7.88. The average molecular weight is 366 g/mol. The van der Waals surface area contributed by atoms with E-state index in [2.05, 4.69) is 49.3 Å². The summed E-state index contributed by atoms with van der Waals surface area (Å²) >= 11 is 3.00. The van der Waals surface area contributed by atoms with E-state index in [1.165, 1.54) is 11.3 Å². The number of hydrogen-bond acceptors (Lipinski definition) is 6. The summed E-state index contributed by atoms with van der Waals surface area (Å²) < 4.78 is 6.57. The van der Waals surface area contributed by atoms with Gasteiger partial charge in [-0.2, -0.15) is 0 Å². The Morgan fingerprint density at radius 2 is 2.04 bits per heavy atom. The summed E-state index contributed by atoms with van der Waals surface area (Å²) in [6.07, 6.45) is 0. The Hall–Kier alpha value is -1.60. The van der Waals surface area contributed by atoms with E-state index in [1.54, 1.807) is 11.8 Å². The van der Waals surface area contributed by atoms with Crippen LogP contribution in [0.25, 0.3) is 0 Å². The Morgan fingerprint density at radius 1 is 1.29 bits per heavy atom. The minimum absolute atomic E-state index is 0.0462. The second-order valence-corrected chi connectivity index (χ2v) is 8.87. The van der Waals surface area contributed by atoms with Gasteiger partial charge >= 0.3 is 0 Å². The largest absolute Gasteiger partial charge is 0.483 e. The van der Waals surface area contributed by atoms with Crippen molar-refractivity contribution in [3.8, 4) is 5.75 Å². The fraction of sp³-hybridized carbons (Fsp3) is 0.471. The zero-order chi connectivity index (χ0) is 17.7. The molecule has 1 aromatic heterocycles. The molecule has 5 nitrogen and oxygen atoms in total. The van der Waals surface area contributed by atoms with Crippen molar-refractivity contribution < 1.29 is 9.53 Å². The second kappa shape index (κ2) is 8.48. The number of aromatic nitrogens is 2. The third-order valence-electron chi connectivity index (χ3n) is 3.14. The van der Waals surface area contributed by atoms with Crippen molar-refractivity contribution in [1.82, 2.24) is 10.2 Å². The van der Waals surface area contributed by atoms with Gasteiger partial charge in [0.2, 0.25) is 5.13 Å². The molecule has 2 rings (SSSR count). The monoisotopic (exact) mass is 365 g/mol. The van der Waals surface area contributed by atoms with Crippen LogP contribution in [0.4, 0.5) is 5.13 Å². The number of ether oxygens (including phenoxy) is 1. The van der Waals surface area contributed by atoms with Crippen LogP contribution >= 0.6 is 23.1 Å². The molecule has 0 saturated heterocycles. The quantitative estimate of drug-likeness (QED) is 0.578. The summed E-state index contributed by atoms with van der Waals surface area (Å²) in [6, 6.07) is 6.07. The number of benzene rings is 1. The van der Waals surface area contributed by atoms with Gasteiger partial charge in [0.25, 0.3) is 5.91 Å². The maximum atomic E-state index is 12.1. The van der Waals surface area contributed by atoms with Crippen LogP contribution in [0.15, 0.2) is 22.5 Å². The molecule has 24 heavy (non-hydrogen) atoms. The lowest BCUT2D eigenvalue weighted by Gasteiger charge is -2.14. The van der Waals surface area contributed by atoms with Crippen LogP contribution in [-0.2, 0) is 4.79 Å². The lowest BCUT2D eigenvalue weighted by Crippen LogP contribution is -2.20. The third kappa shape index (κ3) is 5.49. The van der Waals surface area contributed by atoms with Gasteiger partial charge in [0, 0.05) is 5.25 Å². The second-order valence-electron chi connectivity index (χ2n) is 6.07. The first-order chi connectivity index (χ1) is 11.3. The number of hydrogen-bond donors (Lipinski definition) is 1. The van der Waals surface area contributed by atoms with Crippen molar-refractivity contribution in [3.63, 3.8) is 0 Å². The van der Waals surface area contributed by atoms with Gasteiger partial charge in [-0.05, 0) is 30.0 Å². The molecule has 1 N–H and O–H groups in total. The molecule has 0 spiro atoms. The highest BCUT2D eigenvalue weighted by atomic mass is 32.2. The normalized spacial score (nSPS) is 11.1. The lowest BCUT2D eigenvalue weighted by atomic mass is 10.0. The van der Waals surface area contributed by atoms with Gasteiger partial charge in [-0.15, -0.1) is 10.2 Å². The third-order valence-corrected chi connectivity index (χ3v) is 5.07. The summed E-state index contributed by atoms with van der Waals surface area (Å²) in [7, 11) is 0. The molecule has 0 bridgehead atoms. The minimum Gasteiger partial charge on any atom is -0.483 e. The smallest absolute Gasteiger partial charge is 0.264 e. The number of thioether (sulfide) groups is 1. The van der Waals surface area contributed by atoms with Crippen molar-refractivity contribution >= 4 is 34.1 Å². The molecule has 1 heterocycles. The zero-order valence-corrected chi connectivity index (χ0v) is 16.3. The number of aryl methyl sites for hydroxylation is 1. The molecule has 1 aromatic carbocycles. The molecule has 0 saturated carbocycles. The number of carbonyl (C=O) groups excluding carboxylic acids is 1. The average Bonchev–Trinajstić information content (AvgIpc) is 2.91. The number of rotatable bonds is 7.